The van der Waals surface area contributed by atoms with E-state index in [9.17, 15) is 0 Å². The van der Waals surface area contributed by atoms with Crippen LogP contribution in [0.2, 0.25) is 0 Å². The molecule has 1 heterocycles. The van der Waals surface area contributed by atoms with Crippen molar-refractivity contribution in [1.82, 2.24) is 10.2 Å². The summed E-state index contributed by atoms with van der Waals surface area (Å²) in [5.41, 5.74) is 0.570. The second-order valence-electron chi connectivity index (χ2n) is 5.23. The minimum Gasteiger partial charge on any atom is -0.316 e. The van der Waals surface area contributed by atoms with Crippen LogP contribution >= 0.6 is 0 Å². The van der Waals surface area contributed by atoms with Crippen LogP contribution in [0.25, 0.3) is 0 Å². The third kappa shape index (κ3) is 4.12. The van der Waals surface area contributed by atoms with E-state index in [-0.39, 0.29) is 0 Å². The zero-order chi connectivity index (χ0) is 11.1. The maximum atomic E-state index is 3.51. The van der Waals surface area contributed by atoms with E-state index < -0.39 is 0 Å². The van der Waals surface area contributed by atoms with Crippen molar-refractivity contribution in [3.63, 3.8) is 0 Å². The lowest BCUT2D eigenvalue weighted by atomic mass is 9.84. The molecule has 0 aliphatic carbocycles. The molecule has 15 heavy (non-hydrogen) atoms. The second-order valence-corrected chi connectivity index (χ2v) is 5.23. The van der Waals surface area contributed by atoms with Gasteiger partial charge in [-0.2, -0.15) is 0 Å². The van der Waals surface area contributed by atoms with Gasteiger partial charge in [0.15, 0.2) is 0 Å². The maximum Gasteiger partial charge on any atom is 0.00475 e. The Bertz CT molecular complexity index is 162. The fourth-order valence-electron chi connectivity index (χ4n) is 2.63. The highest BCUT2D eigenvalue weighted by Crippen LogP contribution is 2.30. The molecular formula is C13H28N2. The molecule has 0 aromatic carbocycles. The molecule has 1 N–H and O–H groups in total. The maximum absolute atomic E-state index is 3.51. The largest absolute Gasteiger partial charge is 0.316 e. The van der Waals surface area contributed by atoms with Gasteiger partial charge in [0.2, 0.25) is 0 Å². The van der Waals surface area contributed by atoms with Crippen LogP contribution in [0.1, 0.15) is 46.0 Å². The van der Waals surface area contributed by atoms with Gasteiger partial charge >= 0.3 is 0 Å². The first kappa shape index (κ1) is 13.0. The minimum atomic E-state index is 0.570. The van der Waals surface area contributed by atoms with E-state index in [4.69, 9.17) is 0 Å². The molecule has 0 radical (unpaired) electrons. The zero-order valence-corrected chi connectivity index (χ0v) is 10.8. The van der Waals surface area contributed by atoms with Crippen molar-refractivity contribution in [2.45, 2.75) is 46.0 Å². The smallest absolute Gasteiger partial charge is 0.00475 e. The molecule has 0 bridgehead atoms. The lowest BCUT2D eigenvalue weighted by Gasteiger charge is -2.32. The van der Waals surface area contributed by atoms with Crippen molar-refractivity contribution in [1.29, 1.82) is 0 Å². The van der Waals surface area contributed by atoms with Gasteiger partial charge in [-0.05, 0) is 44.8 Å². The molecule has 1 rings (SSSR count). The van der Waals surface area contributed by atoms with Gasteiger partial charge in [-0.15, -0.1) is 0 Å². The topological polar surface area (TPSA) is 15.3 Å². The summed E-state index contributed by atoms with van der Waals surface area (Å²) < 4.78 is 0. The molecule has 1 unspecified atom stereocenters. The van der Waals surface area contributed by atoms with Crippen molar-refractivity contribution in [2.24, 2.45) is 5.41 Å². The summed E-state index contributed by atoms with van der Waals surface area (Å²) in [5, 5.41) is 3.51. The summed E-state index contributed by atoms with van der Waals surface area (Å²) in [6.07, 6.45) is 6.75. The van der Waals surface area contributed by atoms with Gasteiger partial charge in [0.1, 0.15) is 0 Å². The summed E-state index contributed by atoms with van der Waals surface area (Å²) in [6, 6.07) is 0. The molecule has 1 aliphatic rings. The summed E-state index contributed by atoms with van der Waals surface area (Å²) >= 11 is 0. The van der Waals surface area contributed by atoms with Crippen LogP contribution in [0.4, 0.5) is 0 Å². The summed E-state index contributed by atoms with van der Waals surface area (Å²) in [7, 11) is 2.28. The van der Waals surface area contributed by atoms with Gasteiger partial charge in [-0.1, -0.05) is 26.7 Å². The van der Waals surface area contributed by atoms with Crippen LogP contribution in [0.3, 0.4) is 0 Å². The zero-order valence-electron chi connectivity index (χ0n) is 10.8. The average Bonchev–Trinajstić information content (AvgIpc) is 2.67. The van der Waals surface area contributed by atoms with E-state index in [1.165, 1.54) is 58.3 Å². The van der Waals surface area contributed by atoms with Crippen LogP contribution in [0, 0.1) is 5.41 Å². The monoisotopic (exact) mass is 212 g/mol. The molecule has 1 fully saturated rings. The third-order valence-electron chi connectivity index (χ3n) is 3.83. The standard InChI is InChI=1S/C13H28N2/c1-4-6-7-10-15(3)12-13(5-2)8-9-14-11-13/h14H,4-12H2,1-3H3. The second kappa shape index (κ2) is 6.49. The van der Waals surface area contributed by atoms with Crippen LogP contribution in [0.5, 0.6) is 0 Å². The molecule has 0 amide bonds. The summed E-state index contributed by atoms with van der Waals surface area (Å²) in [5.74, 6) is 0. The molecular weight excluding hydrogens is 184 g/mol. The highest BCUT2D eigenvalue weighted by molar-refractivity contribution is 4.88. The first-order valence-electron chi connectivity index (χ1n) is 6.62. The van der Waals surface area contributed by atoms with E-state index in [1.54, 1.807) is 0 Å². The van der Waals surface area contributed by atoms with Crippen molar-refractivity contribution in [2.75, 3.05) is 33.2 Å². The van der Waals surface area contributed by atoms with E-state index in [1.807, 2.05) is 0 Å². The molecule has 0 spiro atoms. The van der Waals surface area contributed by atoms with Crippen molar-refractivity contribution < 1.29 is 0 Å². The number of nitrogens with one attached hydrogen (secondary N) is 1. The molecule has 2 heteroatoms. The number of unbranched alkanes of at least 4 members (excludes halogenated alkanes) is 2. The van der Waals surface area contributed by atoms with E-state index in [0.29, 0.717) is 5.41 Å². The van der Waals surface area contributed by atoms with Crippen LogP contribution < -0.4 is 5.32 Å². The van der Waals surface area contributed by atoms with Crippen molar-refractivity contribution in [3.05, 3.63) is 0 Å². The predicted molar refractivity (Wildman–Crippen MR) is 67.2 cm³/mol. The highest BCUT2D eigenvalue weighted by Gasteiger charge is 2.32. The highest BCUT2D eigenvalue weighted by atomic mass is 15.1. The Kier molecular flexibility index (Phi) is 5.62. The number of rotatable bonds is 7. The van der Waals surface area contributed by atoms with E-state index in [0.717, 1.165) is 0 Å². The molecule has 0 aromatic heterocycles. The third-order valence-corrected chi connectivity index (χ3v) is 3.83. The summed E-state index contributed by atoms with van der Waals surface area (Å²) in [6.45, 7) is 9.61. The fraction of sp³-hybridized carbons (Fsp3) is 1.00. The Balaban J connectivity index is 2.25. The van der Waals surface area contributed by atoms with Gasteiger partial charge < -0.3 is 10.2 Å². The Hall–Kier alpha value is -0.0800. The van der Waals surface area contributed by atoms with Gasteiger partial charge in [-0.25, -0.2) is 0 Å². The Morgan fingerprint density at radius 3 is 2.60 bits per heavy atom. The Labute approximate surface area is 95.4 Å². The fourth-order valence-corrected chi connectivity index (χ4v) is 2.63. The molecule has 0 saturated carbocycles. The van der Waals surface area contributed by atoms with Gasteiger partial charge in [0, 0.05) is 13.1 Å². The SMILES string of the molecule is CCCCCN(C)CC1(CC)CCNC1. The van der Waals surface area contributed by atoms with E-state index >= 15 is 0 Å². The predicted octanol–water partition coefficient (Wildman–Crippen LogP) is 2.50. The van der Waals surface area contributed by atoms with Gasteiger partial charge in [0.05, 0.1) is 0 Å². The van der Waals surface area contributed by atoms with Crippen molar-refractivity contribution >= 4 is 0 Å². The average molecular weight is 212 g/mol. The molecule has 2 nitrogen and oxygen atoms in total. The van der Waals surface area contributed by atoms with Gasteiger partial charge in [0.25, 0.3) is 0 Å². The number of hydrogen-bond acceptors (Lipinski definition) is 2. The Morgan fingerprint density at radius 2 is 2.07 bits per heavy atom. The first-order valence-corrected chi connectivity index (χ1v) is 6.62. The number of hydrogen-bond donors (Lipinski definition) is 1. The first-order chi connectivity index (χ1) is 7.22. The molecule has 1 saturated heterocycles. The normalized spacial score (nSPS) is 26.4. The molecule has 90 valence electrons. The van der Waals surface area contributed by atoms with Gasteiger partial charge in [-0.3, -0.25) is 0 Å². The van der Waals surface area contributed by atoms with E-state index in [2.05, 4.69) is 31.1 Å². The van der Waals surface area contributed by atoms with Crippen LogP contribution in [-0.4, -0.2) is 38.1 Å². The van der Waals surface area contributed by atoms with Crippen LogP contribution in [-0.2, 0) is 0 Å². The molecule has 1 aliphatic heterocycles. The lowest BCUT2D eigenvalue weighted by molar-refractivity contribution is 0.183. The Morgan fingerprint density at radius 1 is 1.27 bits per heavy atom. The van der Waals surface area contributed by atoms with Crippen LogP contribution in [0.15, 0.2) is 0 Å². The lowest BCUT2D eigenvalue weighted by Crippen LogP contribution is -2.37. The molecule has 0 aromatic rings. The number of nitrogens with zero attached hydrogens (tertiary/aromatic N) is 1. The minimum absolute atomic E-state index is 0.570. The molecule has 1 atom stereocenters. The van der Waals surface area contributed by atoms with Crippen molar-refractivity contribution in [3.8, 4) is 0 Å². The quantitative estimate of drug-likeness (QED) is 0.652. The summed E-state index contributed by atoms with van der Waals surface area (Å²) in [4.78, 5) is 2.53.